The summed E-state index contributed by atoms with van der Waals surface area (Å²) >= 11 is 7.38. The number of thiophene rings is 1. The molecule has 0 aliphatic rings. The van der Waals surface area contributed by atoms with E-state index in [4.69, 9.17) is 11.6 Å². The van der Waals surface area contributed by atoms with Gasteiger partial charge in [-0.3, -0.25) is 4.99 Å². The Hall–Kier alpha value is -1.90. The van der Waals surface area contributed by atoms with Crippen molar-refractivity contribution in [2.24, 2.45) is 10.9 Å². The quantitative estimate of drug-likeness (QED) is 0.557. The normalized spacial score (nSPS) is 12.3. The number of hydrogen-bond donors (Lipinski definition) is 1. The van der Waals surface area contributed by atoms with Crippen LogP contribution in [-0.4, -0.2) is 22.2 Å². The second-order valence-electron chi connectivity index (χ2n) is 6.15. The predicted molar refractivity (Wildman–Crippen MR) is 108 cm³/mol. The van der Waals surface area contributed by atoms with Crippen molar-refractivity contribution < 1.29 is 0 Å². The first kappa shape index (κ1) is 19.4. The first-order valence-corrected chi connectivity index (χ1v) is 9.55. The molecule has 0 aliphatic heterocycles. The molecular formula is C19H23ClN4S. The number of aliphatic imine (C=N–C) groups is 1. The van der Waals surface area contributed by atoms with Crippen LogP contribution in [0.2, 0.25) is 4.34 Å². The van der Waals surface area contributed by atoms with Crippen LogP contribution < -0.4 is 5.32 Å². The van der Waals surface area contributed by atoms with Crippen LogP contribution in [0.1, 0.15) is 50.5 Å². The minimum Gasteiger partial charge on any atom is -0.366 e. The molecule has 0 saturated heterocycles. The van der Waals surface area contributed by atoms with Crippen LogP contribution in [0.5, 0.6) is 0 Å². The number of aromatic nitrogens is 2. The maximum atomic E-state index is 5.94. The van der Waals surface area contributed by atoms with Gasteiger partial charge in [0.15, 0.2) is 5.82 Å². The smallest absolute Gasteiger partial charge is 0.207 e. The Bertz CT molecular complexity index is 815. The molecule has 0 radical (unpaired) electrons. The van der Waals surface area contributed by atoms with Crippen molar-refractivity contribution in [2.45, 2.75) is 47.1 Å². The van der Waals surface area contributed by atoms with Crippen molar-refractivity contribution in [1.29, 1.82) is 0 Å². The Morgan fingerprint density at radius 1 is 1.28 bits per heavy atom. The van der Waals surface area contributed by atoms with Gasteiger partial charge >= 0.3 is 0 Å². The number of nitrogens with zero attached hydrogens (tertiary/aromatic N) is 3. The number of halogens is 1. The van der Waals surface area contributed by atoms with Crippen LogP contribution in [-0.2, 0) is 0 Å². The van der Waals surface area contributed by atoms with E-state index >= 15 is 0 Å². The van der Waals surface area contributed by atoms with E-state index in [1.807, 2.05) is 25.3 Å². The van der Waals surface area contributed by atoms with E-state index < -0.39 is 0 Å². The lowest BCUT2D eigenvalue weighted by atomic mass is 10.1. The zero-order valence-electron chi connectivity index (χ0n) is 15.2. The molecule has 0 saturated carbocycles. The van der Waals surface area contributed by atoms with Crippen LogP contribution in [0.15, 0.2) is 17.1 Å². The van der Waals surface area contributed by atoms with Gasteiger partial charge in [0.05, 0.1) is 14.9 Å². The van der Waals surface area contributed by atoms with E-state index in [2.05, 4.69) is 59.8 Å². The summed E-state index contributed by atoms with van der Waals surface area (Å²) in [5.41, 5.74) is 1.59. The van der Waals surface area contributed by atoms with E-state index in [1.165, 1.54) is 11.3 Å². The monoisotopic (exact) mass is 374 g/mol. The average molecular weight is 375 g/mol. The van der Waals surface area contributed by atoms with Crippen LogP contribution in [0.25, 0.3) is 0 Å². The molecule has 0 aliphatic carbocycles. The molecule has 1 N–H and O–H groups in total. The zero-order chi connectivity index (χ0) is 18.4. The number of hydrogen-bond acceptors (Lipinski definition) is 5. The van der Waals surface area contributed by atoms with Gasteiger partial charge in [0.1, 0.15) is 5.69 Å². The largest absolute Gasteiger partial charge is 0.366 e. The van der Waals surface area contributed by atoms with Gasteiger partial charge in [-0.15, -0.1) is 11.3 Å². The van der Waals surface area contributed by atoms with Crippen molar-refractivity contribution in [3.8, 4) is 11.8 Å². The van der Waals surface area contributed by atoms with Gasteiger partial charge in [0, 0.05) is 12.3 Å². The molecule has 1 unspecified atom stereocenters. The van der Waals surface area contributed by atoms with Gasteiger partial charge in [0.2, 0.25) is 5.82 Å². The van der Waals surface area contributed by atoms with Crippen LogP contribution in [0.4, 0.5) is 11.5 Å². The third-order valence-corrected chi connectivity index (χ3v) is 4.60. The number of rotatable bonds is 5. The Morgan fingerprint density at radius 2 is 2.04 bits per heavy atom. The third-order valence-electron chi connectivity index (χ3n) is 3.46. The molecule has 2 aromatic rings. The van der Waals surface area contributed by atoms with Crippen LogP contribution >= 0.6 is 22.9 Å². The SMILES string of the molecule is CCC(C)C=Nc1c(C)nc(C#Cc2ccc(Cl)s2)nc1NC(C)C. The fourth-order valence-corrected chi connectivity index (χ4v) is 2.85. The highest BCUT2D eigenvalue weighted by atomic mass is 35.5. The predicted octanol–water partition coefficient (Wildman–Crippen LogP) is 5.47. The molecule has 6 heteroatoms. The van der Waals surface area contributed by atoms with Crippen molar-refractivity contribution >= 4 is 40.7 Å². The van der Waals surface area contributed by atoms with Crippen molar-refractivity contribution in [3.05, 3.63) is 32.9 Å². The number of nitrogens with one attached hydrogen (secondary N) is 1. The van der Waals surface area contributed by atoms with Gasteiger partial charge in [-0.1, -0.05) is 25.4 Å². The highest BCUT2D eigenvalue weighted by molar-refractivity contribution is 7.16. The molecular weight excluding hydrogens is 352 g/mol. The Morgan fingerprint density at radius 3 is 2.64 bits per heavy atom. The minimum atomic E-state index is 0.240. The average Bonchev–Trinajstić information content (AvgIpc) is 2.96. The molecule has 0 fully saturated rings. The third kappa shape index (κ3) is 5.84. The summed E-state index contributed by atoms with van der Waals surface area (Å²) < 4.78 is 0.721. The van der Waals surface area contributed by atoms with Crippen LogP contribution in [0, 0.1) is 24.7 Å². The number of aryl methyl sites for hydroxylation is 1. The molecule has 0 aromatic carbocycles. The van der Waals surface area contributed by atoms with Crippen molar-refractivity contribution in [1.82, 2.24) is 9.97 Å². The fraction of sp³-hybridized carbons (Fsp3) is 0.421. The van der Waals surface area contributed by atoms with Gasteiger partial charge in [-0.05, 0) is 57.1 Å². The van der Waals surface area contributed by atoms with E-state index in [-0.39, 0.29) is 6.04 Å². The molecule has 2 aromatic heterocycles. The van der Waals surface area contributed by atoms with Gasteiger partial charge in [0.25, 0.3) is 0 Å². The lowest BCUT2D eigenvalue weighted by Gasteiger charge is -2.13. The Kier molecular flexibility index (Phi) is 6.98. The highest BCUT2D eigenvalue weighted by Crippen LogP contribution is 2.27. The summed E-state index contributed by atoms with van der Waals surface area (Å²) in [6.45, 7) is 10.4. The topological polar surface area (TPSA) is 50.2 Å². The van der Waals surface area contributed by atoms with Gasteiger partial charge in [-0.2, -0.15) is 0 Å². The molecule has 4 nitrogen and oxygen atoms in total. The first-order chi connectivity index (χ1) is 11.9. The summed E-state index contributed by atoms with van der Waals surface area (Å²) in [6, 6.07) is 3.97. The zero-order valence-corrected chi connectivity index (χ0v) is 16.8. The van der Waals surface area contributed by atoms with E-state index in [1.54, 1.807) is 0 Å². The molecule has 2 heterocycles. The minimum absolute atomic E-state index is 0.240. The summed E-state index contributed by atoms with van der Waals surface area (Å²) in [4.78, 5) is 14.6. The first-order valence-electron chi connectivity index (χ1n) is 8.35. The molecule has 132 valence electrons. The van der Waals surface area contributed by atoms with Crippen LogP contribution in [0.3, 0.4) is 0 Å². The Labute approximate surface area is 158 Å². The van der Waals surface area contributed by atoms with E-state index in [0.29, 0.717) is 11.7 Å². The fourth-order valence-electron chi connectivity index (χ4n) is 1.96. The second kappa shape index (κ2) is 8.98. The lowest BCUT2D eigenvalue weighted by Crippen LogP contribution is -2.13. The van der Waals surface area contributed by atoms with E-state index in [9.17, 15) is 0 Å². The molecule has 2 rings (SSSR count). The number of anilines is 1. The molecule has 25 heavy (non-hydrogen) atoms. The van der Waals surface area contributed by atoms with Gasteiger partial charge in [-0.25, -0.2) is 9.97 Å². The Balaban J connectivity index is 2.39. The molecule has 1 atom stereocenters. The summed E-state index contributed by atoms with van der Waals surface area (Å²) in [7, 11) is 0. The standard InChI is InChI=1S/C19H23ClN4S/c1-6-13(4)11-21-18-14(5)23-17(24-19(18)22-12(2)3)10-8-15-7-9-16(20)25-15/h7,9,11-13H,6H2,1-5H3,(H,22,23,24). The summed E-state index contributed by atoms with van der Waals surface area (Å²) in [6.07, 6.45) is 3.00. The maximum Gasteiger partial charge on any atom is 0.207 e. The lowest BCUT2D eigenvalue weighted by molar-refractivity contribution is 0.754. The second-order valence-corrected chi connectivity index (χ2v) is 7.86. The molecule has 0 spiro atoms. The van der Waals surface area contributed by atoms with Crippen molar-refractivity contribution in [2.75, 3.05) is 5.32 Å². The highest BCUT2D eigenvalue weighted by Gasteiger charge is 2.11. The van der Waals surface area contributed by atoms with Gasteiger partial charge < -0.3 is 5.32 Å². The van der Waals surface area contributed by atoms with Crippen molar-refractivity contribution in [3.63, 3.8) is 0 Å². The summed E-state index contributed by atoms with van der Waals surface area (Å²) in [5, 5.41) is 3.35. The molecule has 0 amide bonds. The molecule has 0 bridgehead atoms. The summed E-state index contributed by atoms with van der Waals surface area (Å²) in [5.74, 6) is 7.69. The van der Waals surface area contributed by atoms with E-state index in [0.717, 1.165) is 32.8 Å². The maximum absolute atomic E-state index is 5.94.